The van der Waals surface area contributed by atoms with Crippen molar-refractivity contribution in [3.63, 3.8) is 0 Å². The lowest BCUT2D eigenvalue weighted by molar-refractivity contribution is -0.137. The smallest absolute Gasteiger partial charge is 0.347 e. The van der Waals surface area contributed by atoms with E-state index in [0.717, 1.165) is 42.8 Å². The predicted molar refractivity (Wildman–Crippen MR) is 94.4 cm³/mol. The lowest BCUT2D eigenvalue weighted by Gasteiger charge is -2.27. The number of amides is 2. The van der Waals surface area contributed by atoms with Crippen molar-refractivity contribution < 1.29 is 22.8 Å². The summed E-state index contributed by atoms with van der Waals surface area (Å²) in [6.45, 7) is 0.630. The summed E-state index contributed by atoms with van der Waals surface area (Å²) in [6.07, 6.45) is -0.140. The minimum absolute atomic E-state index is 0.00527. The van der Waals surface area contributed by atoms with Gasteiger partial charge >= 0.3 is 6.18 Å². The topological polar surface area (TPSA) is 78.1 Å². The summed E-state index contributed by atoms with van der Waals surface area (Å²) in [4.78, 5) is 33.6. The van der Waals surface area contributed by atoms with E-state index in [9.17, 15) is 22.8 Å². The van der Waals surface area contributed by atoms with Crippen LogP contribution in [0.2, 0.25) is 0 Å². The fourth-order valence-electron chi connectivity index (χ4n) is 3.47. The van der Waals surface area contributed by atoms with Crippen LogP contribution in [0.4, 0.5) is 18.9 Å². The van der Waals surface area contributed by atoms with E-state index in [2.05, 4.69) is 15.3 Å². The molecular weight excluding hydrogens is 373 g/mol. The van der Waals surface area contributed by atoms with Gasteiger partial charge in [-0.25, -0.2) is 4.98 Å². The van der Waals surface area contributed by atoms with Gasteiger partial charge in [-0.15, -0.1) is 0 Å². The Labute approximate surface area is 159 Å². The number of aromatic nitrogens is 2. The van der Waals surface area contributed by atoms with Gasteiger partial charge in [0.05, 0.1) is 29.8 Å². The predicted octanol–water partition coefficient (Wildman–Crippen LogP) is 3.37. The maximum atomic E-state index is 13.3. The average Bonchev–Trinajstić information content (AvgIpc) is 3.06. The number of carbonyl (C=O) groups is 2. The number of carbonyl (C=O) groups excluding carboxylic acids is 2. The quantitative estimate of drug-likeness (QED) is 0.841. The first-order chi connectivity index (χ1) is 13.3. The number of aromatic amines is 1. The second kappa shape index (κ2) is 6.96. The Balaban J connectivity index is 1.60. The molecule has 0 unspecified atom stereocenters. The number of fused-ring (bicyclic) bond motifs is 1. The zero-order valence-corrected chi connectivity index (χ0v) is 15.0. The van der Waals surface area contributed by atoms with Gasteiger partial charge in [0.15, 0.2) is 0 Å². The Morgan fingerprint density at radius 1 is 1.21 bits per heavy atom. The maximum Gasteiger partial charge on any atom is 0.416 e. The minimum atomic E-state index is -4.62. The van der Waals surface area contributed by atoms with Gasteiger partial charge in [0.2, 0.25) is 5.91 Å². The highest BCUT2D eigenvalue weighted by Crippen LogP contribution is 2.34. The molecule has 1 aromatic carbocycles. The number of H-pyrrole nitrogens is 1. The lowest BCUT2D eigenvalue weighted by Crippen LogP contribution is -2.36. The standard InChI is InChI=1S/C19H19F3N4O2/c20-19(21,22)13-6-12(7-14(8-13)25-17(27)11-2-1-3-11)18(28)26-5-4-15-16(9-26)24-10-23-15/h6-8,10-11H,1-5,9H2,(H,23,24)(H,25,27). The summed E-state index contributed by atoms with van der Waals surface area (Å²) in [6, 6.07) is 3.02. The Morgan fingerprint density at radius 2 is 2.00 bits per heavy atom. The first-order valence-corrected chi connectivity index (χ1v) is 9.15. The molecule has 9 heteroatoms. The van der Waals surface area contributed by atoms with Crippen molar-refractivity contribution in [3.05, 3.63) is 47.0 Å². The van der Waals surface area contributed by atoms with Crippen LogP contribution in [0.1, 0.15) is 46.6 Å². The van der Waals surface area contributed by atoms with E-state index in [4.69, 9.17) is 0 Å². The molecule has 1 aliphatic carbocycles. The van der Waals surface area contributed by atoms with E-state index in [0.29, 0.717) is 13.0 Å². The van der Waals surface area contributed by atoms with E-state index >= 15 is 0 Å². The third-order valence-corrected chi connectivity index (χ3v) is 5.31. The van der Waals surface area contributed by atoms with Crippen molar-refractivity contribution >= 4 is 17.5 Å². The van der Waals surface area contributed by atoms with E-state index in [1.807, 2.05) is 0 Å². The van der Waals surface area contributed by atoms with Crippen LogP contribution in [0.5, 0.6) is 0 Å². The molecule has 0 bridgehead atoms. The largest absolute Gasteiger partial charge is 0.416 e. The third-order valence-electron chi connectivity index (χ3n) is 5.31. The molecule has 0 atom stereocenters. The van der Waals surface area contributed by atoms with Gasteiger partial charge in [-0.05, 0) is 31.0 Å². The Morgan fingerprint density at radius 3 is 2.68 bits per heavy atom. The second-order valence-electron chi connectivity index (χ2n) is 7.22. The van der Waals surface area contributed by atoms with Gasteiger partial charge in [0.1, 0.15) is 0 Å². The van der Waals surface area contributed by atoms with Gasteiger partial charge in [-0.1, -0.05) is 6.42 Å². The number of nitrogens with zero attached hydrogens (tertiary/aromatic N) is 2. The molecule has 1 aromatic heterocycles. The Hall–Kier alpha value is -2.84. The van der Waals surface area contributed by atoms with Gasteiger partial charge < -0.3 is 15.2 Å². The molecule has 1 aliphatic heterocycles. The normalized spacial score (nSPS) is 17.0. The van der Waals surface area contributed by atoms with Gasteiger partial charge in [0, 0.05) is 30.1 Å². The van der Waals surface area contributed by atoms with Crippen LogP contribution in [-0.4, -0.2) is 33.2 Å². The van der Waals surface area contributed by atoms with Crippen LogP contribution in [0.15, 0.2) is 24.5 Å². The number of nitrogens with one attached hydrogen (secondary N) is 2. The molecule has 2 aliphatic rings. The first kappa shape index (κ1) is 18.5. The van der Waals surface area contributed by atoms with E-state index in [-0.39, 0.29) is 29.6 Å². The van der Waals surface area contributed by atoms with Crippen LogP contribution in [-0.2, 0) is 23.9 Å². The number of halogens is 3. The van der Waals surface area contributed by atoms with Crippen LogP contribution in [0, 0.1) is 5.92 Å². The number of benzene rings is 1. The van der Waals surface area contributed by atoms with Crippen LogP contribution < -0.4 is 5.32 Å². The summed E-state index contributed by atoms with van der Waals surface area (Å²) in [7, 11) is 0. The first-order valence-electron chi connectivity index (χ1n) is 9.15. The molecule has 0 radical (unpaired) electrons. The van der Waals surface area contributed by atoms with E-state index in [1.54, 1.807) is 0 Å². The summed E-state index contributed by atoms with van der Waals surface area (Å²) in [5, 5.41) is 2.54. The van der Waals surface area contributed by atoms with Crippen LogP contribution >= 0.6 is 0 Å². The summed E-state index contributed by atoms with van der Waals surface area (Å²) >= 11 is 0. The number of anilines is 1. The van der Waals surface area contributed by atoms with Crippen molar-refractivity contribution in [3.8, 4) is 0 Å². The molecule has 2 heterocycles. The summed E-state index contributed by atoms with van der Waals surface area (Å²) < 4.78 is 40.0. The molecule has 2 aromatic rings. The molecule has 2 N–H and O–H groups in total. The van der Waals surface area contributed by atoms with Crippen molar-refractivity contribution in [2.24, 2.45) is 5.92 Å². The summed E-state index contributed by atoms with van der Waals surface area (Å²) in [5.41, 5.74) is 0.587. The third kappa shape index (κ3) is 3.61. The highest BCUT2D eigenvalue weighted by Gasteiger charge is 2.33. The molecule has 4 rings (SSSR count). The molecule has 1 saturated carbocycles. The molecule has 6 nitrogen and oxygen atoms in total. The van der Waals surface area contributed by atoms with Gasteiger partial charge in [0.25, 0.3) is 5.91 Å². The lowest BCUT2D eigenvalue weighted by atomic mass is 9.85. The fourth-order valence-corrected chi connectivity index (χ4v) is 3.47. The molecule has 1 fully saturated rings. The van der Waals surface area contributed by atoms with Crippen molar-refractivity contribution in [2.75, 3.05) is 11.9 Å². The van der Waals surface area contributed by atoms with Crippen LogP contribution in [0.3, 0.4) is 0 Å². The Kier molecular flexibility index (Phi) is 4.60. The number of rotatable bonds is 3. The summed E-state index contributed by atoms with van der Waals surface area (Å²) in [5.74, 6) is -0.982. The van der Waals surface area contributed by atoms with Crippen molar-refractivity contribution in [1.82, 2.24) is 14.9 Å². The van der Waals surface area contributed by atoms with Crippen molar-refractivity contribution in [2.45, 2.75) is 38.4 Å². The fraction of sp³-hybridized carbons (Fsp3) is 0.421. The molecular formula is C19H19F3N4O2. The maximum absolute atomic E-state index is 13.3. The Bertz CT molecular complexity index is 918. The number of imidazole rings is 1. The molecule has 28 heavy (non-hydrogen) atoms. The molecule has 148 valence electrons. The second-order valence-corrected chi connectivity index (χ2v) is 7.22. The number of alkyl halides is 3. The molecule has 0 saturated heterocycles. The monoisotopic (exact) mass is 392 g/mol. The number of hydrogen-bond donors (Lipinski definition) is 2. The van der Waals surface area contributed by atoms with E-state index in [1.165, 1.54) is 17.3 Å². The molecule has 2 amide bonds. The zero-order chi connectivity index (χ0) is 19.9. The minimum Gasteiger partial charge on any atom is -0.347 e. The van der Waals surface area contributed by atoms with Gasteiger partial charge in [-0.3, -0.25) is 9.59 Å². The highest BCUT2D eigenvalue weighted by atomic mass is 19.4. The van der Waals surface area contributed by atoms with Gasteiger partial charge in [-0.2, -0.15) is 13.2 Å². The SMILES string of the molecule is O=C(Nc1cc(C(=O)N2CCc3nc[nH]c3C2)cc(C(F)(F)F)c1)C1CCC1. The van der Waals surface area contributed by atoms with E-state index < -0.39 is 17.6 Å². The highest BCUT2D eigenvalue weighted by molar-refractivity contribution is 5.98. The van der Waals surface area contributed by atoms with Crippen molar-refractivity contribution in [1.29, 1.82) is 0 Å². The molecule has 0 spiro atoms. The number of hydrogen-bond acceptors (Lipinski definition) is 3. The zero-order valence-electron chi connectivity index (χ0n) is 15.0. The average molecular weight is 392 g/mol. The van der Waals surface area contributed by atoms with Crippen LogP contribution in [0.25, 0.3) is 0 Å².